The van der Waals surface area contributed by atoms with Crippen LogP contribution in [0.5, 0.6) is 0 Å². The van der Waals surface area contributed by atoms with E-state index in [-0.39, 0.29) is 5.78 Å². The lowest BCUT2D eigenvalue weighted by atomic mass is 10.2. The third-order valence-electron chi connectivity index (χ3n) is 2.55. The zero-order chi connectivity index (χ0) is 11.4. The van der Waals surface area contributed by atoms with E-state index in [4.69, 9.17) is 11.6 Å². The van der Waals surface area contributed by atoms with E-state index in [1.807, 2.05) is 6.20 Å². The van der Waals surface area contributed by atoms with Gasteiger partial charge >= 0.3 is 0 Å². The summed E-state index contributed by atoms with van der Waals surface area (Å²) in [7, 11) is 0. The van der Waals surface area contributed by atoms with Crippen LogP contribution in [0.2, 0.25) is 5.02 Å². The number of halogens is 1. The Labute approximate surface area is 99.7 Å². The Morgan fingerprint density at radius 3 is 2.88 bits per heavy atom. The first-order valence-electron chi connectivity index (χ1n) is 5.34. The van der Waals surface area contributed by atoms with Gasteiger partial charge in [-0.2, -0.15) is 0 Å². The number of hydrogen-bond acceptors (Lipinski definition) is 3. The van der Waals surface area contributed by atoms with Gasteiger partial charge in [0.25, 0.3) is 0 Å². The standard InChI is InChI=1S/C12H13ClN2O/c13-10-3-5-14-11(9-10)12(16)4-8-15-6-1-2-7-15/h3-5,8-9H,1-2,6-7H2/b8-4+. The second-order valence-electron chi connectivity index (χ2n) is 3.78. The maximum absolute atomic E-state index is 11.7. The van der Waals surface area contributed by atoms with Crippen LogP contribution in [-0.2, 0) is 0 Å². The fraction of sp³-hybridized carbons (Fsp3) is 0.333. The molecule has 0 unspecified atom stereocenters. The van der Waals surface area contributed by atoms with Crippen molar-refractivity contribution in [2.75, 3.05) is 13.1 Å². The van der Waals surface area contributed by atoms with Gasteiger partial charge in [-0.05, 0) is 25.0 Å². The summed E-state index contributed by atoms with van der Waals surface area (Å²) in [6.45, 7) is 2.07. The Morgan fingerprint density at radius 1 is 1.44 bits per heavy atom. The Morgan fingerprint density at radius 2 is 2.19 bits per heavy atom. The van der Waals surface area contributed by atoms with Crippen LogP contribution in [0.3, 0.4) is 0 Å². The lowest BCUT2D eigenvalue weighted by molar-refractivity contribution is 0.104. The number of rotatable bonds is 3. The van der Waals surface area contributed by atoms with Crippen molar-refractivity contribution < 1.29 is 4.79 Å². The Hall–Kier alpha value is -1.35. The van der Waals surface area contributed by atoms with E-state index in [1.165, 1.54) is 12.8 Å². The molecule has 2 heterocycles. The number of likely N-dealkylation sites (tertiary alicyclic amines) is 1. The lowest BCUT2D eigenvalue weighted by Gasteiger charge is -2.09. The van der Waals surface area contributed by atoms with E-state index in [2.05, 4.69) is 9.88 Å². The average Bonchev–Trinajstić information content (AvgIpc) is 2.78. The highest BCUT2D eigenvalue weighted by molar-refractivity contribution is 6.30. The topological polar surface area (TPSA) is 33.2 Å². The number of hydrogen-bond donors (Lipinski definition) is 0. The summed E-state index contributed by atoms with van der Waals surface area (Å²) in [5.41, 5.74) is 0.392. The van der Waals surface area contributed by atoms with E-state index >= 15 is 0 Å². The molecule has 0 aliphatic carbocycles. The fourth-order valence-corrected chi connectivity index (χ4v) is 1.85. The first-order chi connectivity index (χ1) is 7.75. The van der Waals surface area contributed by atoms with Gasteiger partial charge in [0.2, 0.25) is 5.78 Å². The van der Waals surface area contributed by atoms with Crippen molar-refractivity contribution in [2.24, 2.45) is 0 Å². The van der Waals surface area contributed by atoms with Crippen LogP contribution in [0.15, 0.2) is 30.6 Å². The third-order valence-corrected chi connectivity index (χ3v) is 2.79. The number of ketones is 1. The second-order valence-corrected chi connectivity index (χ2v) is 4.22. The van der Waals surface area contributed by atoms with Crippen LogP contribution >= 0.6 is 11.6 Å². The van der Waals surface area contributed by atoms with E-state index in [9.17, 15) is 4.79 Å². The molecule has 1 fully saturated rings. The molecule has 0 spiro atoms. The van der Waals surface area contributed by atoms with E-state index in [0.717, 1.165) is 13.1 Å². The van der Waals surface area contributed by atoms with Crippen LogP contribution in [0.25, 0.3) is 0 Å². The fourth-order valence-electron chi connectivity index (χ4n) is 1.69. The number of pyridine rings is 1. The van der Waals surface area contributed by atoms with Crippen LogP contribution < -0.4 is 0 Å². The van der Waals surface area contributed by atoms with Crippen LogP contribution in [-0.4, -0.2) is 28.8 Å². The molecule has 0 amide bonds. The summed E-state index contributed by atoms with van der Waals surface area (Å²) in [5, 5.41) is 0.535. The van der Waals surface area contributed by atoms with Crippen molar-refractivity contribution in [3.8, 4) is 0 Å². The number of carbonyl (C=O) groups excluding carboxylic acids is 1. The van der Waals surface area contributed by atoms with Gasteiger partial charge < -0.3 is 4.90 Å². The van der Waals surface area contributed by atoms with Gasteiger partial charge in [0.05, 0.1) is 0 Å². The number of carbonyl (C=O) groups is 1. The molecule has 0 N–H and O–H groups in total. The predicted molar refractivity (Wildman–Crippen MR) is 63.5 cm³/mol. The van der Waals surface area contributed by atoms with Crippen LogP contribution in [0.1, 0.15) is 23.3 Å². The molecule has 2 rings (SSSR count). The predicted octanol–water partition coefficient (Wildman–Crippen LogP) is 2.53. The van der Waals surface area contributed by atoms with Gasteiger partial charge in [0.1, 0.15) is 5.69 Å². The van der Waals surface area contributed by atoms with Crippen molar-refractivity contribution in [1.82, 2.24) is 9.88 Å². The van der Waals surface area contributed by atoms with E-state index < -0.39 is 0 Å². The van der Waals surface area contributed by atoms with Crippen molar-refractivity contribution in [1.29, 1.82) is 0 Å². The Balaban J connectivity index is 2.02. The monoisotopic (exact) mass is 236 g/mol. The van der Waals surface area contributed by atoms with Gasteiger partial charge in [-0.1, -0.05) is 11.6 Å². The summed E-state index contributed by atoms with van der Waals surface area (Å²) in [4.78, 5) is 17.8. The quantitative estimate of drug-likeness (QED) is 0.597. The second kappa shape index (κ2) is 5.12. The van der Waals surface area contributed by atoms with Crippen molar-refractivity contribution >= 4 is 17.4 Å². The number of nitrogens with zero attached hydrogens (tertiary/aromatic N) is 2. The molecule has 1 saturated heterocycles. The molecule has 16 heavy (non-hydrogen) atoms. The van der Waals surface area contributed by atoms with Crippen LogP contribution in [0.4, 0.5) is 0 Å². The third kappa shape index (κ3) is 2.83. The van der Waals surface area contributed by atoms with Gasteiger partial charge in [-0.15, -0.1) is 0 Å². The molecule has 1 aromatic rings. The minimum absolute atomic E-state index is 0.102. The first-order valence-corrected chi connectivity index (χ1v) is 5.71. The van der Waals surface area contributed by atoms with Gasteiger partial charge in [-0.3, -0.25) is 9.78 Å². The maximum Gasteiger partial charge on any atom is 0.205 e. The molecule has 0 radical (unpaired) electrons. The Kier molecular flexibility index (Phi) is 3.57. The summed E-state index contributed by atoms with van der Waals surface area (Å²) in [5.74, 6) is -0.102. The molecular formula is C12H13ClN2O. The highest BCUT2D eigenvalue weighted by Crippen LogP contribution is 2.10. The van der Waals surface area contributed by atoms with Crippen molar-refractivity contribution in [3.63, 3.8) is 0 Å². The average molecular weight is 237 g/mol. The van der Waals surface area contributed by atoms with Gasteiger partial charge in [0.15, 0.2) is 0 Å². The zero-order valence-corrected chi connectivity index (χ0v) is 9.65. The first kappa shape index (κ1) is 11.1. The van der Waals surface area contributed by atoms with E-state index in [1.54, 1.807) is 24.4 Å². The van der Waals surface area contributed by atoms with E-state index in [0.29, 0.717) is 10.7 Å². The van der Waals surface area contributed by atoms with Crippen molar-refractivity contribution in [2.45, 2.75) is 12.8 Å². The minimum Gasteiger partial charge on any atom is -0.377 e. The summed E-state index contributed by atoms with van der Waals surface area (Å²) in [6, 6.07) is 3.24. The summed E-state index contributed by atoms with van der Waals surface area (Å²) < 4.78 is 0. The molecule has 0 atom stereocenters. The normalized spacial score (nSPS) is 15.9. The molecule has 1 aliphatic rings. The molecule has 3 nitrogen and oxygen atoms in total. The highest BCUT2D eigenvalue weighted by Gasteiger charge is 2.08. The number of allylic oxidation sites excluding steroid dienone is 1. The minimum atomic E-state index is -0.102. The molecule has 0 bridgehead atoms. The lowest BCUT2D eigenvalue weighted by Crippen LogP contribution is -2.11. The molecule has 84 valence electrons. The summed E-state index contributed by atoms with van der Waals surface area (Å²) in [6.07, 6.45) is 7.35. The smallest absolute Gasteiger partial charge is 0.205 e. The molecular weight excluding hydrogens is 224 g/mol. The SMILES string of the molecule is O=C(/C=C/N1CCCC1)c1cc(Cl)ccn1. The van der Waals surface area contributed by atoms with Crippen molar-refractivity contribution in [3.05, 3.63) is 41.3 Å². The maximum atomic E-state index is 11.7. The summed E-state index contributed by atoms with van der Waals surface area (Å²) >= 11 is 5.79. The molecule has 0 aromatic carbocycles. The molecule has 1 aliphatic heterocycles. The zero-order valence-electron chi connectivity index (χ0n) is 8.90. The van der Waals surface area contributed by atoms with Gasteiger partial charge in [-0.25, -0.2) is 0 Å². The number of aromatic nitrogens is 1. The van der Waals surface area contributed by atoms with Crippen LogP contribution in [0, 0.1) is 0 Å². The molecule has 4 heteroatoms. The molecule has 1 aromatic heterocycles. The Bertz CT molecular complexity index is 411. The van der Waals surface area contributed by atoms with Gasteiger partial charge in [0, 0.05) is 36.6 Å². The molecule has 0 saturated carbocycles. The highest BCUT2D eigenvalue weighted by atomic mass is 35.5. The largest absolute Gasteiger partial charge is 0.377 e.